The van der Waals surface area contributed by atoms with Crippen molar-refractivity contribution >= 4 is 10.9 Å². The maximum Gasteiger partial charge on any atom is 0.248 e. The third-order valence-electron chi connectivity index (χ3n) is 3.11. The molecular formula is C15H20N2O2. The Morgan fingerprint density at radius 1 is 1.26 bits per heavy atom. The summed E-state index contributed by atoms with van der Waals surface area (Å²) in [4.78, 5) is 14.2. The predicted octanol–water partition coefficient (Wildman–Crippen LogP) is 2.21. The molecule has 1 aromatic carbocycles. The summed E-state index contributed by atoms with van der Waals surface area (Å²) >= 11 is 0. The van der Waals surface area contributed by atoms with Gasteiger partial charge in [0.1, 0.15) is 5.75 Å². The second-order valence-corrected chi connectivity index (χ2v) is 4.68. The predicted molar refractivity (Wildman–Crippen MR) is 78.0 cm³/mol. The van der Waals surface area contributed by atoms with Gasteiger partial charge in [-0.3, -0.25) is 4.79 Å². The number of nitrogens with one attached hydrogen (secondary N) is 2. The lowest BCUT2D eigenvalue weighted by Gasteiger charge is -2.09. The number of pyridine rings is 1. The number of hydrogen-bond donors (Lipinski definition) is 2. The van der Waals surface area contributed by atoms with Gasteiger partial charge < -0.3 is 15.0 Å². The first-order valence-electron chi connectivity index (χ1n) is 6.62. The van der Waals surface area contributed by atoms with E-state index in [1.807, 2.05) is 32.2 Å². The molecule has 0 radical (unpaired) electrons. The second kappa shape index (κ2) is 6.38. The monoisotopic (exact) mass is 260 g/mol. The first kappa shape index (κ1) is 13.6. The van der Waals surface area contributed by atoms with Gasteiger partial charge in [-0.1, -0.05) is 0 Å². The Bertz CT molecular complexity index is 605. The van der Waals surface area contributed by atoms with E-state index < -0.39 is 0 Å². The number of ether oxygens (including phenoxy) is 1. The molecule has 2 aromatic rings. The molecule has 0 aliphatic carbocycles. The highest BCUT2D eigenvalue weighted by Gasteiger charge is 2.02. The SMILES string of the molecule is CNCCCCOc1cc(C)c2ccc(=O)[nH]c2c1. The largest absolute Gasteiger partial charge is 0.494 e. The molecule has 0 unspecified atom stereocenters. The molecule has 19 heavy (non-hydrogen) atoms. The standard InChI is InChI=1S/C15H20N2O2/c1-11-9-12(19-8-4-3-7-16-2)10-14-13(11)5-6-15(18)17-14/h5-6,9-10,16H,3-4,7-8H2,1-2H3,(H,17,18). The Morgan fingerprint density at radius 3 is 2.89 bits per heavy atom. The summed E-state index contributed by atoms with van der Waals surface area (Å²) in [5.41, 5.74) is 1.86. The van der Waals surface area contributed by atoms with Crippen molar-refractivity contribution in [3.05, 3.63) is 40.2 Å². The van der Waals surface area contributed by atoms with Gasteiger partial charge >= 0.3 is 0 Å². The molecule has 0 aliphatic rings. The molecule has 1 aromatic heterocycles. The fraction of sp³-hybridized carbons (Fsp3) is 0.400. The van der Waals surface area contributed by atoms with Crippen LogP contribution in [0.4, 0.5) is 0 Å². The highest BCUT2D eigenvalue weighted by Crippen LogP contribution is 2.22. The third-order valence-corrected chi connectivity index (χ3v) is 3.11. The summed E-state index contributed by atoms with van der Waals surface area (Å²) in [6, 6.07) is 7.30. The van der Waals surface area contributed by atoms with Crippen molar-refractivity contribution in [2.24, 2.45) is 0 Å². The van der Waals surface area contributed by atoms with Crippen molar-refractivity contribution in [3.8, 4) is 5.75 Å². The number of aromatic amines is 1. The summed E-state index contributed by atoms with van der Waals surface area (Å²) in [7, 11) is 1.95. The molecule has 102 valence electrons. The Kier molecular flexibility index (Phi) is 4.58. The molecule has 0 bridgehead atoms. The van der Waals surface area contributed by atoms with Crippen LogP contribution in [0.2, 0.25) is 0 Å². The van der Waals surface area contributed by atoms with Crippen LogP contribution in [0.5, 0.6) is 5.75 Å². The molecule has 0 saturated carbocycles. The fourth-order valence-electron chi connectivity index (χ4n) is 2.10. The van der Waals surface area contributed by atoms with Gasteiger partial charge in [-0.15, -0.1) is 0 Å². The highest BCUT2D eigenvalue weighted by molar-refractivity contribution is 5.83. The number of aryl methyl sites for hydroxylation is 1. The minimum atomic E-state index is -0.0851. The van der Waals surface area contributed by atoms with Crippen LogP contribution in [0, 0.1) is 6.92 Å². The Balaban J connectivity index is 2.09. The molecule has 4 heteroatoms. The minimum Gasteiger partial charge on any atom is -0.494 e. The topological polar surface area (TPSA) is 54.1 Å². The van der Waals surface area contributed by atoms with Gasteiger partial charge in [-0.05, 0) is 51.1 Å². The zero-order chi connectivity index (χ0) is 13.7. The van der Waals surface area contributed by atoms with Crippen molar-refractivity contribution in [2.45, 2.75) is 19.8 Å². The maximum atomic E-state index is 11.3. The number of unbranched alkanes of at least 4 members (excludes halogenated alkanes) is 1. The van der Waals surface area contributed by atoms with Crippen LogP contribution < -0.4 is 15.6 Å². The molecule has 0 atom stereocenters. The van der Waals surface area contributed by atoms with Crippen LogP contribution in [0.15, 0.2) is 29.1 Å². The van der Waals surface area contributed by atoms with Crippen LogP contribution in [0.25, 0.3) is 10.9 Å². The van der Waals surface area contributed by atoms with E-state index in [1.165, 1.54) is 0 Å². The summed E-state index contributed by atoms with van der Waals surface area (Å²) in [6.45, 7) is 3.73. The molecule has 4 nitrogen and oxygen atoms in total. The van der Waals surface area contributed by atoms with E-state index in [4.69, 9.17) is 4.74 Å². The first-order chi connectivity index (χ1) is 9.20. The maximum absolute atomic E-state index is 11.3. The number of rotatable bonds is 6. The number of hydrogen-bond acceptors (Lipinski definition) is 3. The highest BCUT2D eigenvalue weighted by atomic mass is 16.5. The second-order valence-electron chi connectivity index (χ2n) is 4.68. The quantitative estimate of drug-likeness (QED) is 0.783. The summed E-state index contributed by atoms with van der Waals surface area (Å²) < 4.78 is 5.73. The lowest BCUT2D eigenvalue weighted by Crippen LogP contribution is -2.09. The summed E-state index contributed by atoms with van der Waals surface area (Å²) in [5, 5.41) is 4.17. The lowest BCUT2D eigenvalue weighted by atomic mass is 10.1. The Hall–Kier alpha value is -1.81. The van der Waals surface area contributed by atoms with E-state index in [0.717, 1.165) is 41.6 Å². The van der Waals surface area contributed by atoms with E-state index in [0.29, 0.717) is 6.61 Å². The average molecular weight is 260 g/mol. The molecule has 2 N–H and O–H groups in total. The molecule has 1 heterocycles. The smallest absolute Gasteiger partial charge is 0.248 e. The minimum absolute atomic E-state index is 0.0851. The zero-order valence-corrected chi connectivity index (χ0v) is 11.5. The van der Waals surface area contributed by atoms with E-state index >= 15 is 0 Å². The van der Waals surface area contributed by atoms with Crippen molar-refractivity contribution in [3.63, 3.8) is 0 Å². The lowest BCUT2D eigenvalue weighted by molar-refractivity contribution is 0.306. The van der Waals surface area contributed by atoms with Gasteiger partial charge in [-0.2, -0.15) is 0 Å². The van der Waals surface area contributed by atoms with Crippen molar-refractivity contribution in [2.75, 3.05) is 20.2 Å². The van der Waals surface area contributed by atoms with Gasteiger partial charge in [0.25, 0.3) is 0 Å². The molecule has 0 spiro atoms. The van der Waals surface area contributed by atoms with E-state index in [-0.39, 0.29) is 5.56 Å². The van der Waals surface area contributed by atoms with Crippen LogP contribution in [0.3, 0.4) is 0 Å². The Labute approximate surface area is 112 Å². The first-order valence-corrected chi connectivity index (χ1v) is 6.62. The van der Waals surface area contributed by atoms with E-state index in [2.05, 4.69) is 10.3 Å². The number of H-pyrrole nitrogens is 1. The van der Waals surface area contributed by atoms with Crippen LogP contribution in [-0.2, 0) is 0 Å². The van der Waals surface area contributed by atoms with Gasteiger partial charge in [-0.25, -0.2) is 0 Å². The Morgan fingerprint density at radius 2 is 2.11 bits per heavy atom. The van der Waals surface area contributed by atoms with Crippen LogP contribution in [-0.4, -0.2) is 25.2 Å². The van der Waals surface area contributed by atoms with E-state index in [1.54, 1.807) is 6.07 Å². The zero-order valence-electron chi connectivity index (χ0n) is 11.5. The van der Waals surface area contributed by atoms with Crippen molar-refractivity contribution < 1.29 is 4.74 Å². The van der Waals surface area contributed by atoms with Gasteiger partial charge in [0.05, 0.1) is 12.1 Å². The molecule has 0 fully saturated rings. The normalized spacial score (nSPS) is 10.8. The molecule has 0 aliphatic heterocycles. The summed E-state index contributed by atoms with van der Waals surface area (Å²) in [6.07, 6.45) is 2.11. The molecule has 0 saturated heterocycles. The number of aromatic nitrogens is 1. The third kappa shape index (κ3) is 3.58. The van der Waals surface area contributed by atoms with Gasteiger partial charge in [0.15, 0.2) is 0 Å². The van der Waals surface area contributed by atoms with Crippen molar-refractivity contribution in [1.29, 1.82) is 0 Å². The number of fused-ring (bicyclic) bond motifs is 1. The molecule has 2 rings (SSSR count). The average Bonchev–Trinajstić information content (AvgIpc) is 2.38. The molecular weight excluding hydrogens is 240 g/mol. The van der Waals surface area contributed by atoms with Crippen molar-refractivity contribution in [1.82, 2.24) is 10.3 Å². The van der Waals surface area contributed by atoms with E-state index in [9.17, 15) is 4.79 Å². The van der Waals surface area contributed by atoms with Gasteiger partial charge in [0.2, 0.25) is 5.56 Å². The summed E-state index contributed by atoms with van der Waals surface area (Å²) in [5.74, 6) is 0.816. The van der Waals surface area contributed by atoms with Crippen LogP contribution >= 0.6 is 0 Å². The van der Waals surface area contributed by atoms with Gasteiger partial charge in [0, 0.05) is 17.5 Å². The van der Waals surface area contributed by atoms with Crippen LogP contribution in [0.1, 0.15) is 18.4 Å². The molecule has 0 amide bonds. The number of benzene rings is 1. The fourth-order valence-corrected chi connectivity index (χ4v) is 2.10.